The molecule has 0 amide bonds. The van der Waals surface area contributed by atoms with Crippen LogP contribution in [0.2, 0.25) is 0 Å². The first-order valence-corrected chi connectivity index (χ1v) is 14.4. The molecule has 0 aliphatic carbocycles. The maximum Gasteiger partial charge on any atom is 0.167 e. The molecule has 17 nitrogen and oxygen atoms in total. The summed E-state index contributed by atoms with van der Waals surface area (Å²) in [4.78, 5) is 37.7. The molecule has 2 aliphatic heterocycles. The van der Waals surface area contributed by atoms with Crippen LogP contribution in [0.4, 0.5) is 11.6 Å². The highest BCUT2D eigenvalue weighted by Gasteiger charge is 2.40. The lowest BCUT2D eigenvalue weighted by Crippen LogP contribution is -2.31. The Labute approximate surface area is 225 Å². The smallest absolute Gasteiger partial charge is 0.167 e. The number of rotatable bonds is 8. The molecule has 2 aliphatic rings. The lowest BCUT2D eigenvalue weighted by Gasteiger charge is -2.32. The first-order chi connectivity index (χ1) is 18.7. The Balaban J connectivity index is 1.09. The quantitative estimate of drug-likeness (QED) is 0.178. The summed E-state index contributed by atoms with van der Waals surface area (Å²) in [6.07, 6.45) is 1.19. The van der Waals surface area contributed by atoms with Crippen LogP contribution in [-0.4, -0.2) is 86.9 Å². The van der Waals surface area contributed by atoms with Crippen LogP contribution >= 0.6 is 6.72 Å². The number of anilines is 2. The van der Waals surface area contributed by atoms with Crippen molar-refractivity contribution in [2.75, 3.05) is 24.7 Å². The molecule has 0 spiro atoms. The lowest BCUT2D eigenvalue weighted by atomic mass is 10.2. The van der Waals surface area contributed by atoms with Crippen LogP contribution in [0.1, 0.15) is 25.3 Å². The van der Waals surface area contributed by atoms with Gasteiger partial charge in [0.1, 0.15) is 55.1 Å². The van der Waals surface area contributed by atoms with Crippen LogP contribution in [0, 0.1) is 0 Å². The molecule has 2 saturated heterocycles. The van der Waals surface area contributed by atoms with Crippen molar-refractivity contribution >= 4 is 52.5 Å². The molecule has 0 aromatic carbocycles. The second kappa shape index (κ2) is 10.2. The molecule has 0 bridgehead atoms. The van der Waals surface area contributed by atoms with Gasteiger partial charge in [-0.2, -0.15) is 0 Å². The Morgan fingerprint density at radius 3 is 2.10 bits per heavy atom. The van der Waals surface area contributed by atoms with Crippen LogP contribution < -0.4 is 16.4 Å². The molecule has 0 saturated carbocycles. The van der Waals surface area contributed by atoms with E-state index < -0.39 is 50.2 Å². The average Bonchev–Trinajstić information content (AvgIpc) is 3.68. The van der Waals surface area contributed by atoms with E-state index in [1.807, 2.05) is 0 Å². The summed E-state index contributed by atoms with van der Waals surface area (Å²) in [5.74, 6) is 0.434. The number of nitrogens with two attached hydrogens (primary N) is 2. The van der Waals surface area contributed by atoms with Gasteiger partial charge in [0.2, 0.25) is 0 Å². The summed E-state index contributed by atoms with van der Waals surface area (Å²) in [5.41, 5.74) is 13.4. The fraction of sp³-hybridized carbons (Fsp3) is 0.500. The van der Waals surface area contributed by atoms with E-state index in [-0.39, 0.29) is 31.1 Å². The van der Waals surface area contributed by atoms with Gasteiger partial charge in [0.05, 0.1) is 38.1 Å². The lowest BCUT2D eigenvalue weighted by molar-refractivity contribution is -0.215. The number of nitrogens with zero attached hydrogens (tertiary/aromatic N) is 8. The highest BCUT2D eigenvalue weighted by atomic mass is 32.5. The van der Waals surface area contributed by atoms with Crippen molar-refractivity contribution in [1.29, 1.82) is 0 Å². The summed E-state index contributed by atoms with van der Waals surface area (Å²) in [7, 11) is 0. The summed E-state index contributed by atoms with van der Waals surface area (Å²) < 4.78 is 26.1. The number of aliphatic hydroxyl groups excluding tert-OH is 2. The molecule has 1 unspecified atom stereocenters. The Morgan fingerprint density at radius 1 is 0.949 bits per heavy atom. The molecular weight excluding hydrogens is 555 g/mol. The highest BCUT2D eigenvalue weighted by molar-refractivity contribution is 8.06. The Morgan fingerprint density at radius 2 is 1.51 bits per heavy atom. The van der Waals surface area contributed by atoms with Gasteiger partial charge in [-0.05, 0) is 0 Å². The topological polar surface area (TPSA) is 240 Å². The van der Waals surface area contributed by atoms with Crippen molar-refractivity contribution in [1.82, 2.24) is 39.0 Å². The molecule has 6 heterocycles. The second-order valence-electron chi connectivity index (χ2n) is 9.03. The van der Waals surface area contributed by atoms with E-state index in [2.05, 4.69) is 29.9 Å². The number of ether oxygens (including phenoxy) is 2. The maximum absolute atomic E-state index is 13.1. The molecule has 19 heteroatoms. The minimum Gasteiger partial charge on any atom is -0.780 e. The zero-order chi connectivity index (χ0) is 27.3. The number of aromatic nitrogens is 8. The van der Waals surface area contributed by atoms with Crippen LogP contribution in [0.3, 0.4) is 0 Å². The van der Waals surface area contributed by atoms with E-state index >= 15 is 0 Å². The van der Waals surface area contributed by atoms with E-state index in [0.717, 1.165) is 0 Å². The van der Waals surface area contributed by atoms with Gasteiger partial charge < -0.3 is 45.1 Å². The number of fused-ring (bicyclic) bond motifs is 2. The maximum atomic E-state index is 13.1. The third-order valence-electron chi connectivity index (χ3n) is 6.62. The normalized spacial score (nSPS) is 28.9. The van der Waals surface area contributed by atoms with Gasteiger partial charge in [0, 0.05) is 12.8 Å². The fourth-order valence-electron chi connectivity index (χ4n) is 4.70. The zero-order valence-corrected chi connectivity index (χ0v) is 21.8. The van der Waals surface area contributed by atoms with Crippen molar-refractivity contribution < 1.29 is 33.6 Å². The average molecular weight is 580 g/mol. The van der Waals surface area contributed by atoms with Crippen LogP contribution in [0.15, 0.2) is 25.3 Å². The molecular formula is C20H24N10O7PS-. The third-order valence-corrected chi connectivity index (χ3v) is 8.19. The summed E-state index contributed by atoms with van der Waals surface area (Å²) in [6.45, 7) is -4.80. The van der Waals surface area contributed by atoms with Gasteiger partial charge in [-0.3, -0.25) is 9.13 Å². The molecule has 39 heavy (non-hydrogen) atoms. The minimum atomic E-state index is -4.08. The number of aliphatic hydroxyl groups is 2. The second-order valence-corrected chi connectivity index (χ2v) is 11.7. The molecule has 7 atom stereocenters. The minimum absolute atomic E-state index is 0.175. The Kier molecular flexibility index (Phi) is 6.90. The van der Waals surface area contributed by atoms with Crippen molar-refractivity contribution in [2.24, 2.45) is 0 Å². The molecule has 4 aromatic heterocycles. The van der Waals surface area contributed by atoms with E-state index in [1.165, 1.54) is 25.3 Å². The SMILES string of the molecule is Nc1ncnc2c1ncn2[C@H]1C[C@H](OP([O-])(=S)OC[C@H]2O[C@@H](n3cnc4c(N)ncnc43)C[C@@H]2O)[C@@H](CO)O1. The summed E-state index contributed by atoms with van der Waals surface area (Å²) in [6, 6.07) is 0. The number of nitrogen functional groups attached to an aromatic ring is 2. The van der Waals surface area contributed by atoms with Crippen LogP contribution in [0.25, 0.3) is 22.3 Å². The largest absolute Gasteiger partial charge is 0.780 e. The number of hydrogen-bond acceptors (Lipinski definition) is 16. The monoisotopic (exact) mass is 579 g/mol. The third kappa shape index (κ3) is 4.94. The Bertz CT molecular complexity index is 1550. The van der Waals surface area contributed by atoms with Gasteiger partial charge in [0.25, 0.3) is 0 Å². The predicted molar refractivity (Wildman–Crippen MR) is 135 cm³/mol. The highest BCUT2D eigenvalue weighted by Crippen LogP contribution is 2.46. The molecule has 2 fully saturated rings. The van der Waals surface area contributed by atoms with Gasteiger partial charge in [-0.15, -0.1) is 0 Å². The first kappa shape index (κ1) is 26.3. The number of imidazole rings is 2. The molecule has 6 N–H and O–H groups in total. The van der Waals surface area contributed by atoms with Gasteiger partial charge in [-0.1, -0.05) is 11.8 Å². The summed E-state index contributed by atoms with van der Waals surface area (Å²) >= 11 is 5.11. The van der Waals surface area contributed by atoms with E-state index in [9.17, 15) is 15.1 Å². The van der Waals surface area contributed by atoms with E-state index in [1.54, 1.807) is 9.13 Å². The van der Waals surface area contributed by atoms with E-state index in [0.29, 0.717) is 22.3 Å². The van der Waals surface area contributed by atoms with Gasteiger partial charge >= 0.3 is 0 Å². The van der Waals surface area contributed by atoms with Gasteiger partial charge in [0.15, 0.2) is 22.9 Å². The first-order valence-electron chi connectivity index (χ1n) is 11.8. The number of hydrogen-bond donors (Lipinski definition) is 4. The fourth-order valence-corrected chi connectivity index (χ4v) is 6.16. The zero-order valence-electron chi connectivity index (χ0n) is 20.1. The Hall–Kier alpha value is -2.93. The standard InChI is InChI=1S/C20H25N10O7PS/c21-17-15-19(25-5-23-17)29(7-27-15)13-1-9(32)12(36-13)4-34-38(33,39)37-10-2-14(35-11(10)3-31)30-8-28-16-18(22)24-6-26-20(16)30/h5-14,31-32H,1-4H2,(H,33,39)(H2,21,23,25)(H2,22,24,26)/p-1/t9-,10-,11+,12+,13+,14+,38?/m0/s1. The van der Waals surface area contributed by atoms with Crippen LogP contribution in [0.5, 0.6) is 0 Å². The van der Waals surface area contributed by atoms with Gasteiger partial charge in [-0.25, -0.2) is 29.9 Å². The van der Waals surface area contributed by atoms with Crippen molar-refractivity contribution in [2.45, 2.75) is 49.7 Å². The van der Waals surface area contributed by atoms with Crippen molar-refractivity contribution in [3.63, 3.8) is 0 Å². The predicted octanol–water partition coefficient (Wildman–Crippen LogP) is -1.25. The van der Waals surface area contributed by atoms with E-state index in [4.69, 9.17) is 41.8 Å². The molecule has 4 aromatic rings. The molecule has 0 radical (unpaired) electrons. The van der Waals surface area contributed by atoms with Crippen molar-refractivity contribution in [3.8, 4) is 0 Å². The van der Waals surface area contributed by atoms with Crippen LogP contribution in [-0.2, 0) is 30.3 Å². The van der Waals surface area contributed by atoms with Crippen molar-refractivity contribution in [3.05, 3.63) is 25.3 Å². The molecule has 208 valence electrons. The molecule has 6 rings (SSSR count). The summed E-state index contributed by atoms with van der Waals surface area (Å²) in [5, 5.41) is 20.4.